The standard InChI is InChI=1S/C14H8Cl2N2O/c15-11-8-4-7-10(12(11)16)14-17-13(18-19-14)9-5-2-1-3-6-9/h1-8H. The lowest BCUT2D eigenvalue weighted by Gasteiger charge is -1.99. The van der Waals surface area contributed by atoms with Gasteiger partial charge in [-0.3, -0.25) is 0 Å². The molecule has 3 rings (SSSR count). The molecule has 0 aliphatic rings. The minimum Gasteiger partial charge on any atom is -0.334 e. The third-order valence-corrected chi connectivity index (χ3v) is 3.46. The highest BCUT2D eigenvalue weighted by atomic mass is 35.5. The molecule has 0 radical (unpaired) electrons. The normalized spacial score (nSPS) is 10.6. The molecule has 1 aromatic heterocycles. The lowest BCUT2D eigenvalue weighted by atomic mass is 10.2. The predicted molar refractivity (Wildman–Crippen MR) is 75.2 cm³/mol. The van der Waals surface area contributed by atoms with Gasteiger partial charge in [0.15, 0.2) is 0 Å². The van der Waals surface area contributed by atoms with Crippen LogP contribution in [0, 0.1) is 0 Å². The molecule has 0 bridgehead atoms. The molecule has 19 heavy (non-hydrogen) atoms. The molecule has 3 nitrogen and oxygen atoms in total. The van der Waals surface area contributed by atoms with E-state index < -0.39 is 0 Å². The summed E-state index contributed by atoms with van der Waals surface area (Å²) in [5.74, 6) is 0.873. The first-order valence-electron chi connectivity index (χ1n) is 5.59. The van der Waals surface area contributed by atoms with Gasteiger partial charge in [-0.1, -0.05) is 64.8 Å². The van der Waals surface area contributed by atoms with E-state index in [2.05, 4.69) is 10.1 Å². The quantitative estimate of drug-likeness (QED) is 0.686. The lowest BCUT2D eigenvalue weighted by molar-refractivity contribution is 0.432. The Balaban J connectivity index is 2.05. The summed E-state index contributed by atoms with van der Waals surface area (Å²) in [6, 6.07) is 14.9. The summed E-state index contributed by atoms with van der Waals surface area (Å²) in [4.78, 5) is 4.33. The van der Waals surface area contributed by atoms with Crippen molar-refractivity contribution in [2.24, 2.45) is 0 Å². The van der Waals surface area contributed by atoms with Crippen molar-refractivity contribution in [3.8, 4) is 22.8 Å². The maximum atomic E-state index is 6.12. The first-order chi connectivity index (χ1) is 9.25. The first-order valence-corrected chi connectivity index (χ1v) is 6.35. The third-order valence-electron chi connectivity index (χ3n) is 2.64. The Morgan fingerprint density at radius 3 is 2.47 bits per heavy atom. The number of nitrogens with zero attached hydrogens (tertiary/aromatic N) is 2. The van der Waals surface area contributed by atoms with Crippen LogP contribution in [0.1, 0.15) is 0 Å². The molecule has 3 aromatic rings. The Bertz CT molecular complexity index is 710. The molecule has 5 heteroatoms. The maximum Gasteiger partial charge on any atom is 0.259 e. The summed E-state index contributed by atoms with van der Waals surface area (Å²) in [5.41, 5.74) is 1.51. The Hall–Kier alpha value is -1.84. The van der Waals surface area contributed by atoms with Crippen molar-refractivity contribution in [3.63, 3.8) is 0 Å². The van der Waals surface area contributed by atoms with E-state index in [1.54, 1.807) is 18.2 Å². The highest BCUT2D eigenvalue weighted by Gasteiger charge is 2.14. The van der Waals surface area contributed by atoms with Crippen molar-refractivity contribution in [3.05, 3.63) is 58.6 Å². The monoisotopic (exact) mass is 290 g/mol. The zero-order valence-electron chi connectivity index (χ0n) is 9.68. The van der Waals surface area contributed by atoms with E-state index >= 15 is 0 Å². The van der Waals surface area contributed by atoms with Crippen LogP contribution in [0.5, 0.6) is 0 Å². The maximum absolute atomic E-state index is 6.12. The van der Waals surface area contributed by atoms with Gasteiger partial charge in [-0.2, -0.15) is 4.98 Å². The van der Waals surface area contributed by atoms with Crippen LogP contribution in [-0.2, 0) is 0 Å². The van der Waals surface area contributed by atoms with Crippen molar-refractivity contribution in [2.45, 2.75) is 0 Å². The molecule has 0 aliphatic carbocycles. The van der Waals surface area contributed by atoms with Crippen molar-refractivity contribution in [2.75, 3.05) is 0 Å². The molecule has 0 atom stereocenters. The molecule has 1 heterocycles. The average Bonchev–Trinajstić information content (AvgIpc) is 2.92. The fourth-order valence-electron chi connectivity index (χ4n) is 1.71. The van der Waals surface area contributed by atoms with Crippen LogP contribution >= 0.6 is 23.2 Å². The lowest BCUT2D eigenvalue weighted by Crippen LogP contribution is -1.82. The van der Waals surface area contributed by atoms with E-state index in [1.165, 1.54) is 0 Å². The number of rotatable bonds is 2. The molecule has 0 N–H and O–H groups in total. The van der Waals surface area contributed by atoms with Gasteiger partial charge in [0.25, 0.3) is 5.89 Å². The number of hydrogen-bond acceptors (Lipinski definition) is 3. The van der Waals surface area contributed by atoms with Crippen LogP contribution in [0.3, 0.4) is 0 Å². The molecule has 0 unspecified atom stereocenters. The molecular weight excluding hydrogens is 283 g/mol. The Morgan fingerprint density at radius 2 is 1.68 bits per heavy atom. The zero-order chi connectivity index (χ0) is 13.2. The molecule has 0 saturated carbocycles. The van der Waals surface area contributed by atoms with Gasteiger partial charge < -0.3 is 4.52 Å². The van der Waals surface area contributed by atoms with Crippen LogP contribution in [0.15, 0.2) is 53.1 Å². The largest absolute Gasteiger partial charge is 0.334 e. The van der Waals surface area contributed by atoms with Gasteiger partial charge in [-0.15, -0.1) is 0 Å². The molecule has 2 aromatic carbocycles. The predicted octanol–water partition coefficient (Wildman–Crippen LogP) is 4.71. The Morgan fingerprint density at radius 1 is 0.895 bits per heavy atom. The van der Waals surface area contributed by atoms with Gasteiger partial charge in [0, 0.05) is 5.56 Å². The van der Waals surface area contributed by atoms with E-state index in [0.29, 0.717) is 27.3 Å². The number of aromatic nitrogens is 2. The Kier molecular flexibility index (Phi) is 3.23. The van der Waals surface area contributed by atoms with Crippen LogP contribution in [0.25, 0.3) is 22.8 Å². The molecule has 0 saturated heterocycles. The number of hydrogen-bond donors (Lipinski definition) is 0. The van der Waals surface area contributed by atoms with Crippen LogP contribution < -0.4 is 0 Å². The highest BCUT2D eigenvalue weighted by molar-refractivity contribution is 6.43. The van der Waals surface area contributed by atoms with E-state index in [4.69, 9.17) is 27.7 Å². The van der Waals surface area contributed by atoms with Gasteiger partial charge in [0.05, 0.1) is 15.6 Å². The SMILES string of the molecule is Clc1cccc(-c2nc(-c3ccccc3)no2)c1Cl. The van der Waals surface area contributed by atoms with E-state index in [9.17, 15) is 0 Å². The van der Waals surface area contributed by atoms with Gasteiger partial charge >= 0.3 is 0 Å². The van der Waals surface area contributed by atoms with Crippen LogP contribution in [0.2, 0.25) is 10.0 Å². The zero-order valence-corrected chi connectivity index (χ0v) is 11.2. The summed E-state index contributed by atoms with van der Waals surface area (Å²) in [6.45, 7) is 0. The highest BCUT2D eigenvalue weighted by Crippen LogP contribution is 2.33. The van der Waals surface area contributed by atoms with Crippen molar-refractivity contribution < 1.29 is 4.52 Å². The minimum atomic E-state index is 0.353. The van der Waals surface area contributed by atoms with Crippen molar-refractivity contribution in [1.82, 2.24) is 10.1 Å². The van der Waals surface area contributed by atoms with Gasteiger partial charge in [0.1, 0.15) is 0 Å². The topological polar surface area (TPSA) is 38.9 Å². The second-order valence-corrected chi connectivity index (χ2v) is 4.68. The smallest absolute Gasteiger partial charge is 0.259 e. The van der Waals surface area contributed by atoms with Gasteiger partial charge in [0.2, 0.25) is 5.82 Å². The number of benzene rings is 2. The molecule has 0 amide bonds. The summed E-state index contributed by atoms with van der Waals surface area (Å²) >= 11 is 12.1. The van der Waals surface area contributed by atoms with E-state index in [0.717, 1.165) is 5.56 Å². The van der Waals surface area contributed by atoms with Gasteiger partial charge in [-0.25, -0.2) is 0 Å². The summed E-state index contributed by atoms with van der Waals surface area (Å²) in [5, 5.41) is 4.81. The van der Waals surface area contributed by atoms with E-state index in [1.807, 2.05) is 30.3 Å². The fourth-order valence-corrected chi connectivity index (χ4v) is 2.09. The Labute approximate surface area is 119 Å². The second kappa shape index (κ2) is 5.03. The van der Waals surface area contributed by atoms with Crippen molar-refractivity contribution >= 4 is 23.2 Å². The minimum absolute atomic E-state index is 0.353. The fraction of sp³-hybridized carbons (Fsp3) is 0. The molecular formula is C14H8Cl2N2O. The summed E-state index contributed by atoms with van der Waals surface area (Å²) in [6.07, 6.45) is 0. The molecule has 94 valence electrons. The van der Waals surface area contributed by atoms with E-state index in [-0.39, 0.29) is 0 Å². The van der Waals surface area contributed by atoms with Crippen LogP contribution in [0.4, 0.5) is 0 Å². The third kappa shape index (κ3) is 2.35. The van der Waals surface area contributed by atoms with Gasteiger partial charge in [-0.05, 0) is 12.1 Å². The summed E-state index contributed by atoms with van der Waals surface area (Å²) < 4.78 is 5.24. The molecule has 0 fully saturated rings. The van der Waals surface area contributed by atoms with Crippen LogP contribution in [-0.4, -0.2) is 10.1 Å². The molecule has 0 spiro atoms. The first kappa shape index (κ1) is 12.2. The number of halogens is 2. The summed E-state index contributed by atoms with van der Waals surface area (Å²) in [7, 11) is 0. The average molecular weight is 291 g/mol. The second-order valence-electron chi connectivity index (χ2n) is 3.89. The van der Waals surface area contributed by atoms with Crippen molar-refractivity contribution in [1.29, 1.82) is 0 Å². The molecule has 0 aliphatic heterocycles.